The Bertz CT molecular complexity index is 355. The number of benzene rings is 1. The van der Waals surface area contributed by atoms with E-state index in [0.29, 0.717) is 18.9 Å². The number of hydrogen-bond acceptors (Lipinski definition) is 3. The molecule has 0 aliphatic carbocycles. The number of nitrogens with two attached hydrogens (primary N) is 1. The average Bonchev–Trinajstić information content (AvgIpc) is 2.32. The number of rotatable bonds is 7. The van der Waals surface area contributed by atoms with E-state index in [1.54, 1.807) is 18.2 Å². The molecule has 0 amide bonds. The van der Waals surface area contributed by atoms with Crippen molar-refractivity contribution >= 4 is 0 Å². The number of unbranched alkanes of at least 4 members (excludes halogenated alkanes) is 1. The maximum absolute atomic E-state index is 12.0. The fourth-order valence-corrected chi connectivity index (χ4v) is 1.28. The zero-order chi connectivity index (χ0) is 13.4. The van der Waals surface area contributed by atoms with Crippen LogP contribution in [0.25, 0.3) is 0 Å². The largest absolute Gasteiger partial charge is 0.490 e. The molecule has 0 radical (unpaired) electrons. The lowest BCUT2D eigenvalue weighted by Gasteiger charge is -2.13. The highest BCUT2D eigenvalue weighted by Crippen LogP contribution is 2.28. The second-order valence-electron chi connectivity index (χ2n) is 3.69. The van der Waals surface area contributed by atoms with Crippen LogP contribution in [0.5, 0.6) is 11.5 Å². The van der Waals surface area contributed by atoms with Crippen LogP contribution in [0.15, 0.2) is 24.3 Å². The van der Waals surface area contributed by atoms with Crippen LogP contribution in [0.2, 0.25) is 0 Å². The molecule has 1 rings (SSSR count). The molecule has 0 saturated heterocycles. The highest BCUT2D eigenvalue weighted by molar-refractivity contribution is 5.39. The SMILES string of the molecule is NCCCCOc1ccccc1OCC(F)(F)F. The molecular weight excluding hydrogens is 247 g/mol. The molecule has 0 unspecified atom stereocenters. The predicted molar refractivity (Wildman–Crippen MR) is 61.8 cm³/mol. The summed E-state index contributed by atoms with van der Waals surface area (Å²) in [7, 11) is 0. The molecular formula is C12H16F3NO2. The topological polar surface area (TPSA) is 44.5 Å². The summed E-state index contributed by atoms with van der Waals surface area (Å²) >= 11 is 0. The fraction of sp³-hybridized carbons (Fsp3) is 0.500. The van der Waals surface area contributed by atoms with Gasteiger partial charge in [0.25, 0.3) is 0 Å². The zero-order valence-corrected chi connectivity index (χ0v) is 9.87. The van der Waals surface area contributed by atoms with Gasteiger partial charge in [-0.2, -0.15) is 13.2 Å². The number of alkyl halides is 3. The second-order valence-corrected chi connectivity index (χ2v) is 3.69. The van der Waals surface area contributed by atoms with Crippen LogP contribution >= 0.6 is 0 Å². The van der Waals surface area contributed by atoms with Gasteiger partial charge in [-0.25, -0.2) is 0 Å². The van der Waals surface area contributed by atoms with Gasteiger partial charge in [0.1, 0.15) is 0 Å². The molecule has 0 bridgehead atoms. The van der Waals surface area contributed by atoms with E-state index < -0.39 is 12.8 Å². The standard InChI is InChI=1S/C12H16F3NO2/c13-12(14,15)9-18-11-6-2-1-5-10(11)17-8-4-3-7-16/h1-2,5-6H,3-4,7-9,16H2. The molecule has 0 aromatic heterocycles. The van der Waals surface area contributed by atoms with Gasteiger partial charge in [0.05, 0.1) is 6.61 Å². The van der Waals surface area contributed by atoms with Crippen molar-refractivity contribution in [1.29, 1.82) is 0 Å². The minimum absolute atomic E-state index is 0.0996. The van der Waals surface area contributed by atoms with E-state index in [2.05, 4.69) is 4.74 Å². The first-order valence-electron chi connectivity index (χ1n) is 5.64. The molecule has 0 spiro atoms. The Hall–Kier alpha value is -1.43. The van der Waals surface area contributed by atoms with Crippen LogP contribution in [0, 0.1) is 0 Å². The summed E-state index contributed by atoms with van der Waals surface area (Å²) in [5, 5.41) is 0. The van der Waals surface area contributed by atoms with Crippen LogP contribution in [0.4, 0.5) is 13.2 Å². The minimum Gasteiger partial charge on any atom is -0.490 e. The van der Waals surface area contributed by atoms with Gasteiger partial charge < -0.3 is 15.2 Å². The molecule has 3 nitrogen and oxygen atoms in total. The van der Waals surface area contributed by atoms with E-state index in [9.17, 15) is 13.2 Å². The van der Waals surface area contributed by atoms with E-state index in [1.807, 2.05) is 0 Å². The van der Waals surface area contributed by atoms with Gasteiger partial charge in [0.2, 0.25) is 0 Å². The van der Waals surface area contributed by atoms with Crippen molar-refractivity contribution < 1.29 is 22.6 Å². The Morgan fingerprint density at radius 3 is 2.17 bits per heavy atom. The summed E-state index contributed by atoms with van der Waals surface area (Å²) in [6, 6.07) is 6.30. The molecule has 0 atom stereocenters. The molecule has 0 aliphatic rings. The van der Waals surface area contributed by atoms with E-state index in [0.717, 1.165) is 12.8 Å². The highest BCUT2D eigenvalue weighted by Gasteiger charge is 2.28. The Morgan fingerprint density at radius 1 is 1.00 bits per heavy atom. The molecule has 6 heteroatoms. The maximum atomic E-state index is 12.0. The summed E-state index contributed by atoms with van der Waals surface area (Å²) < 4.78 is 46.2. The van der Waals surface area contributed by atoms with Crippen molar-refractivity contribution in [2.75, 3.05) is 19.8 Å². The molecule has 1 aromatic carbocycles. The van der Waals surface area contributed by atoms with Crippen LogP contribution in [0.3, 0.4) is 0 Å². The van der Waals surface area contributed by atoms with E-state index in [-0.39, 0.29) is 5.75 Å². The lowest BCUT2D eigenvalue weighted by atomic mass is 10.3. The number of hydrogen-bond donors (Lipinski definition) is 1. The Kier molecular flexibility index (Phi) is 5.77. The van der Waals surface area contributed by atoms with Crippen molar-refractivity contribution in [3.05, 3.63) is 24.3 Å². The van der Waals surface area contributed by atoms with Gasteiger partial charge in [0, 0.05) is 0 Å². The third-order valence-corrected chi connectivity index (χ3v) is 2.10. The van der Waals surface area contributed by atoms with Gasteiger partial charge in [-0.15, -0.1) is 0 Å². The average molecular weight is 263 g/mol. The molecule has 0 heterocycles. The predicted octanol–water partition coefficient (Wildman–Crippen LogP) is 2.75. The van der Waals surface area contributed by atoms with Crippen molar-refractivity contribution in [2.24, 2.45) is 5.73 Å². The third-order valence-electron chi connectivity index (χ3n) is 2.10. The Balaban J connectivity index is 2.51. The second kappa shape index (κ2) is 7.10. The van der Waals surface area contributed by atoms with Crippen LogP contribution < -0.4 is 15.2 Å². The molecule has 0 saturated carbocycles. The van der Waals surface area contributed by atoms with Crippen LogP contribution in [-0.2, 0) is 0 Å². The van der Waals surface area contributed by atoms with E-state index >= 15 is 0 Å². The summed E-state index contributed by atoms with van der Waals surface area (Å²) in [6.07, 6.45) is -2.79. The number of ether oxygens (including phenoxy) is 2. The first-order chi connectivity index (χ1) is 8.53. The summed E-state index contributed by atoms with van der Waals surface area (Å²) in [5.41, 5.74) is 5.33. The molecule has 102 valence electrons. The monoisotopic (exact) mass is 263 g/mol. The fourth-order valence-electron chi connectivity index (χ4n) is 1.28. The Morgan fingerprint density at radius 2 is 1.61 bits per heavy atom. The highest BCUT2D eigenvalue weighted by atomic mass is 19.4. The number of para-hydroxylation sites is 2. The first kappa shape index (κ1) is 14.6. The van der Waals surface area contributed by atoms with Crippen molar-refractivity contribution in [2.45, 2.75) is 19.0 Å². The Labute approximate surface area is 104 Å². The van der Waals surface area contributed by atoms with Crippen molar-refractivity contribution in [3.63, 3.8) is 0 Å². The van der Waals surface area contributed by atoms with Gasteiger partial charge in [0.15, 0.2) is 18.1 Å². The summed E-state index contributed by atoms with van der Waals surface area (Å²) in [6.45, 7) is -0.352. The minimum atomic E-state index is -4.35. The maximum Gasteiger partial charge on any atom is 0.422 e. The van der Waals surface area contributed by atoms with Crippen LogP contribution in [-0.4, -0.2) is 25.9 Å². The molecule has 0 fully saturated rings. The quantitative estimate of drug-likeness (QED) is 0.769. The van der Waals surface area contributed by atoms with Crippen LogP contribution in [0.1, 0.15) is 12.8 Å². The zero-order valence-electron chi connectivity index (χ0n) is 9.87. The van der Waals surface area contributed by atoms with Crippen molar-refractivity contribution in [3.8, 4) is 11.5 Å². The smallest absolute Gasteiger partial charge is 0.422 e. The lowest BCUT2D eigenvalue weighted by Crippen LogP contribution is -2.19. The summed E-state index contributed by atoms with van der Waals surface area (Å²) in [4.78, 5) is 0. The van der Waals surface area contributed by atoms with Gasteiger partial charge in [-0.05, 0) is 31.5 Å². The number of halogens is 3. The molecule has 1 aromatic rings. The first-order valence-corrected chi connectivity index (χ1v) is 5.64. The van der Waals surface area contributed by atoms with Gasteiger partial charge in [-0.1, -0.05) is 12.1 Å². The van der Waals surface area contributed by atoms with Crippen molar-refractivity contribution in [1.82, 2.24) is 0 Å². The van der Waals surface area contributed by atoms with E-state index in [1.165, 1.54) is 6.07 Å². The van der Waals surface area contributed by atoms with Gasteiger partial charge >= 0.3 is 6.18 Å². The van der Waals surface area contributed by atoms with Gasteiger partial charge in [-0.3, -0.25) is 0 Å². The van der Waals surface area contributed by atoms with E-state index in [4.69, 9.17) is 10.5 Å². The molecule has 0 aliphatic heterocycles. The summed E-state index contributed by atoms with van der Waals surface area (Å²) in [5.74, 6) is 0.418. The lowest BCUT2D eigenvalue weighted by molar-refractivity contribution is -0.153. The molecule has 18 heavy (non-hydrogen) atoms. The molecule has 2 N–H and O–H groups in total. The normalized spacial score (nSPS) is 11.3. The third kappa shape index (κ3) is 5.77.